The van der Waals surface area contributed by atoms with Crippen molar-refractivity contribution in [3.63, 3.8) is 0 Å². The van der Waals surface area contributed by atoms with E-state index in [1.165, 1.54) is 7.11 Å². The minimum Gasteiger partial charge on any atom is -0.436 e. The smallest absolute Gasteiger partial charge is 0.310 e. The fourth-order valence-electron chi connectivity index (χ4n) is 0.983. The van der Waals surface area contributed by atoms with Crippen molar-refractivity contribution in [2.24, 2.45) is 0 Å². The second-order valence-electron chi connectivity index (χ2n) is 3.16. The molecular weight excluding hydrogens is 212 g/mol. The van der Waals surface area contributed by atoms with Crippen molar-refractivity contribution in [2.45, 2.75) is 38.9 Å². The molecule has 0 heterocycles. The Morgan fingerprint density at radius 3 is 2.31 bits per heavy atom. The van der Waals surface area contributed by atoms with Gasteiger partial charge in [-0.15, -0.1) is 0 Å². The van der Waals surface area contributed by atoms with Gasteiger partial charge in [0, 0.05) is 20.0 Å². The molecule has 16 heavy (non-hydrogen) atoms. The van der Waals surface area contributed by atoms with E-state index >= 15 is 0 Å². The van der Waals surface area contributed by atoms with Crippen LogP contribution < -0.4 is 0 Å². The molecule has 0 aliphatic rings. The summed E-state index contributed by atoms with van der Waals surface area (Å²) in [6, 6.07) is 0. The number of methoxy groups -OCH3 is 1. The first kappa shape index (κ1) is 14.6. The summed E-state index contributed by atoms with van der Waals surface area (Å²) < 4.78 is 14.1. The van der Waals surface area contributed by atoms with E-state index in [0.29, 0.717) is 12.8 Å². The summed E-state index contributed by atoms with van der Waals surface area (Å²) >= 11 is 0. The molecule has 1 unspecified atom stereocenters. The molecule has 0 saturated heterocycles. The summed E-state index contributed by atoms with van der Waals surface area (Å²) in [5, 5.41) is 0. The predicted octanol–water partition coefficient (Wildman–Crippen LogP) is 1.77. The average molecular weight is 230 g/mol. The van der Waals surface area contributed by atoms with E-state index in [9.17, 15) is 9.59 Å². The maximum atomic E-state index is 11.1. The van der Waals surface area contributed by atoms with Gasteiger partial charge in [0.2, 0.25) is 0 Å². The van der Waals surface area contributed by atoms with Crippen LogP contribution >= 0.6 is 0 Å². The van der Waals surface area contributed by atoms with Gasteiger partial charge < -0.3 is 14.2 Å². The van der Waals surface area contributed by atoms with Crippen molar-refractivity contribution in [3.8, 4) is 0 Å². The van der Waals surface area contributed by atoms with Crippen LogP contribution in [0.4, 0.5) is 0 Å². The second-order valence-corrected chi connectivity index (χ2v) is 3.16. The lowest BCUT2D eigenvalue weighted by molar-refractivity contribution is -0.170. The third-order valence-corrected chi connectivity index (χ3v) is 1.86. The highest BCUT2D eigenvalue weighted by Crippen LogP contribution is 2.04. The van der Waals surface area contributed by atoms with Crippen molar-refractivity contribution in [3.05, 3.63) is 12.8 Å². The molecule has 0 spiro atoms. The molecule has 0 saturated carbocycles. The quantitative estimate of drug-likeness (QED) is 0.275. The lowest BCUT2D eigenvalue weighted by Crippen LogP contribution is -2.16. The zero-order chi connectivity index (χ0) is 12.4. The molecule has 0 amide bonds. The van der Waals surface area contributed by atoms with Gasteiger partial charge in [-0.2, -0.15) is 0 Å². The molecular formula is C11H18O5. The van der Waals surface area contributed by atoms with Crippen molar-refractivity contribution in [1.82, 2.24) is 0 Å². The number of hydrogen-bond acceptors (Lipinski definition) is 5. The molecule has 0 N–H and O–H groups in total. The Balaban J connectivity index is 3.47. The first-order chi connectivity index (χ1) is 7.60. The van der Waals surface area contributed by atoms with Gasteiger partial charge >= 0.3 is 11.9 Å². The molecule has 0 aliphatic heterocycles. The zero-order valence-electron chi connectivity index (χ0n) is 9.73. The molecule has 0 rings (SSSR count). The summed E-state index contributed by atoms with van der Waals surface area (Å²) in [4.78, 5) is 22.0. The monoisotopic (exact) mass is 230 g/mol. The van der Waals surface area contributed by atoms with E-state index in [4.69, 9.17) is 9.47 Å². The van der Waals surface area contributed by atoms with Crippen LogP contribution in [0.5, 0.6) is 0 Å². The van der Waals surface area contributed by atoms with Crippen molar-refractivity contribution < 1.29 is 23.8 Å². The van der Waals surface area contributed by atoms with Gasteiger partial charge in [0.1, 0.15) is 0 Å². The molecule has 92 valence electrons. The fourth-order valence-corrected chi connectivity index (χ4v) is 0.983. The van der Waals surface area contributed by atoms with Crippen LogP contribution in [-0.4, -0.2) is 25.3 Å². The van der Waals surface area contributed by atoms with E-state index in [1.54, 1.807) is 6.92 Å². The van der Waals surface area contributed by atoms with Gasteiger partial charge in [0.15, 0.2) is 6.29 Å². The Morgan fingerprint density at radius 2 is 1.81 bits per heavy atom. The van der Waals surface area contributed by atoms with Crippen LogP contribution in [-0.2, 0) is 23.8 Å². The number of unbranched alkanes of at least 4 members (excludes halogenated alkanes) is 1. The normalized spacial score (nSPS) is 11.6. The molecule has 0 aromatic heterocycles. The third-order valence-electron chi connectivity index (χ3n) is 1.86. The summed E-state index contributed by atoms with van der Waals surface area (Å²) in [7, 11) is 1.46. The van der Waals surface area contributed by atoms with E-state index in [1.807, 2.05) is 0 Å². The van der Waals surface area contributed by atoms with Gasteiger partial charge in [0.05, 0.1) is 6.26 Å². The van der Waals surface area contributed by atoms with Crippen LogP contribution in [0.3, 0.4) is 0 Å². The van der Waals surface area contributed by atoms with E-state index in [2.05, 4.69) is 11.3 Å². The number of carbonyl (C=O) groups excluding carboxylic acids is 2. The zero-order valence-corrected chi connectivity index (χ0v) is 9.73. The van der Waals surface area contributed by atoms with Crippen molar-refractivity contribution in [1.29, 1.82) is 0 Å². The Labute approximate surface area is 95.4 Å². The standard InChI is InChI=1S/C11H18O5/c1-4-15-10(12)7-5-6-8-11(13)16-9(2)14-3/h4,9H,1,5-8H2,2-3H3. The Hall–Kier alpha value is -1.36. The van der Waals surface area contributed by atoms with E-state index < -0.39 is 6.29 Å². The highest BCUT2D eigenvalue weighted by atomic mass is 16.7. The number of esters is 2. The Kier molecular flexibility index (Phi) is 8.15. The van der Waals surface area contributed by atoms with Crippen LogP contribution in [0.1, 0.15) is 32.6 Å². The van der Waals surface area contributed by atoms with Gasteiger partial charge in [-0.3, -0.25) is 9.59 Å². The van der Waals surface area contributed by atoms with Gasteiger partial charge in [-0.25, -0.2) is 0 Å². The van der Waals surface area contributed by atoms with E-state index in [0.717, 1.165) is 6.26 Å². The van der Waals surface area contributed by atoms with Crippen molar-refractivity contribution in [2.75, 3.05) is 7.11 Å². The summed E-state index contributed by atoms with van der Waals surface area (Å²) in [5.41, 5.74) is 0. The second kappa shape index (κ2) is 8.91. The molecule has 1 atom stereocenters. The van der Waals surface area contributed by atoms with Crippen molar-refractivity contribution >= 4 is 11.9 Å². The molecule has 0 aromatic carbocycles. The van der Waals surface area contributed by atoms with Gasteiger partial charge in [0.25, 0.3) is 0 Å². The summed E-state index contributed by atoms with van der Waals surface area (Å²) in [5.74, 6) is -0.667. The topological polar surface area (TPSA) is 61.8 Å². The average Bonchev–Trinajstić information content (AvgIpc) is 2.24. The lowest BCUT2D eigenvalue weighted by atomic mass is 10.2. The Bertz CT molecular complexity index is 237. The van der Waals surface area contributed by atoms with E-state index in [-0.39, 0.29) is 24.8 Å². The minimum atomic E-state index is -0.529. The molecule has 0 bridgehead atoms. The lowest BCUT2D eigenvalue weighted by Gasteiger charge is -2.10. The van der Waals surface area contributed by atoms with Crippen LogP contribution in [0.15, 0.2) is 12.8 Å². The molecule has 0 radical (unpaired) electrons. The molecule has 0 fully saturated rings. The highest BCUT2D eigenvalue weighted by molar-refractivity contribution is 5.70. The number of rotatable bonds is 8. The Morgan fingerprint density at radius 1 is 1.25 bits per heavy atom. The largest absolute Gasteiger partial charge is 0.436 e. The van der Waals surface area contributed by atoms with Gasteiger partial charge in [-0.05, 0) is 19.8 Å². The molecule has 5 nitrogen and oxygen atoms in total. The number of carbonyl (C=O) groups is 2. The van der Waals surface area contributed by atoms with Gasteiger partial charge in [-0.1, -0.05) is 6.58 Å². The first-order valence-corrected chi connectivity index (χ1v) is 5.12. The fraction of sp³-hybridized carbons (Fsp3) is 0.636. The highest BCUT2D eigenvalue weighted by Gasteiger charge is 2.08. The molecule has 0 aliphatic carbocycles. The minimum absolute atomic E-state index is 0.273. The number of ether oxygens (including phenoxy) is 3. The third kappa shape index (κ3) is 7.99. The molecule has 5 heteroatoms. The van der Waals surface area contributed by atoms with Crippen LogP contribution in [0, 0.1) is 0 Å². The molecule has 0 aromatic rings. The maximum Gasteiger partial charge on any atom is 0.310 e. The van der Waals surface area contributed by atoms with Crippen LogP contribution in [0.25, 0.3) is 0 Å². The SMILES string of the molecule is C=COC(=O)CCCCC(=O)OC(C)OC. The summed E-state index contributed by atoms with van der Waals surface area (Å²) in [6.45, 7) is 4.91. The number of hydrogen-bond donors (Lipinski definition) is 0. The summed E-state index contributed by atoms with van der Waals surface area (Å²) in [6.07, 6.45) is 2.29. The predicted molar refractivity (Wildman–Crippen MR) is 57.3 cm³/mol. The van der Waals surface area contributed by atoms with Crippen LogP contribution in [0.2, 0.25) is 0 Å². The first-order valence-electron chi connectivity index (χ1n) is 5.12. The maximum absolute atomic E-state index is 11.1.